The average molecular weight is 559 g/mol. The lowest BCUT2D eigenvalue weighted by molar-refractivity contribution is -0.121. The summed E-state index contributed by atoms with van der Waals surface area (Å²) < 4.78 is 19.4. The van der Waals surface area contributed by atoms with Crippen LogP contribution < -0.4 is 15.0 Å². The summed E-state index contributed by atoms with van der Waals surface area (Å²) in [6.07, 6.45) is 2.01. The number of halogens is 1. The Morgan fingerprint density at radius 2 is 1.62 bits per heavy atom. The van der Waals surface area contributed by atoms with Crippen molar-refractivity contribution in [3.8, 4) is 5.75 Å². The van der Waals surface area contributed by atoms with Gasteiger partial charge in [-0.25, -0.2) is 4.39 Å². The van der Waals surface area contributed by atoms with E-state index in [9.17, 15) is 18.8 Å². The highest BCUT2D eigenvalue weighted by Crippen LogP contribution is 2.58. The van der Waals surface area contributed by atoms with Gasteiger partial charge in [-0.1, -0.05) is 54.6 Å². The molecule has 7 rings (SSSR count). The molecule has 3 aliphatic heterocycles. The van der Waals surface area contributed by atoms with Crippen molar-refractivity contribution in [3.05, 3.63) is 131 Å². The summed E-state index contributed by atoms with van der Waals surface area (Å²) in [5.74, 6) is -2.16. The van der Waals surface area contributed by atoms with Crippen LogP contribution in [0, 0.1) is 11.7 Å². The maximum atomic E-state index is 14.8. The zero-order chi connectivity index (χ0) is 29.2. The SMILES string of the molecule is COc1cccc(C(=O)[C@H]2[C@@H](C(=O)c3ccc(F)cc3)[C@]3(C(=O)Nc4ccccc43)[C@@H]3C=C(C)c4ccccc4N32)c1. The molecule has 4 atom stereocenters. The highest BCUT2D eigenvalue weighted by Gasteiger charge is 2.70. The number of fused-ring (bicyclic) bond motifs is 6. The molecule has 42 heavy (non-hydrogen) atoms. The zero-order valence-corrected chi connectivity index (χ0v) is 23.0. The molecule has 208 valence electrons. The molecular weight excluding hydrogens is 531 g/mol. The van der Waals surface area contributed by atoms with Crippen LogP contribution in [0.5, 0.6) is 5.75 Å². The number of ketones is 2. The van der Waals surface area contributed by atoms with Crippen LogP contribution in [-0.2, 0) is 10.2 Å². The van der Waals surface area contributed by atoms with E-state index in [1.165, 1.54) is 31.4 Å². The predicted molar refractivity (Wildman–Crippen MR) is 158 cm³/mol. The first-order valence-electron chi connectivity index (χ1n) is 13.8. The Bertz CT molecular complexity index is 1810. The number of hydrogen-bond acceptors (Lipinski definition) is 5. The van der Waals surface area contributed by atoms with Crippen molar-refractivity contribution in [1.29, 1.82) is 0 Å². The number of Topliss-reactive ketones (excluding diaryl/α,β-unsaturated/α-hetero) is 2. The molecule has 1 fully saturated rings. The molecule has 0 radical (unpaired) electrons. The molecule has 0 aliphatic carbocycles. The van der Waals surface area contributed by atoms with Gasteiger partial charge in [-0.2, -0.15) is 0 Å². The van der Waals surface area contributed by atoms with E-state index < -0.39 is 35.0 Å². The third kappa shape index (κ3) is 3.52. The normalized spacial score (nSPS) is 23.5. The predicted octanol–water partition coefficient (Wildman–Crippen LogP) is 6.08. The van der Waals surface area contributed by atoms with Gasteiger partial charge in [0.05, 0.1) is 19.1 Å². The van der Waals surface area contributed by atoms with Gasteiger partial charge in [0.2, 0.25) is 5.91 Å². The molecule has 0 aromatic heterocycles. The van der Waals surface area contributed by atoms with Crippen LogP contribution in [0.4, 0.5) is 15.8 Å². The number of nitrogens with one attached hydrogen (secondary N) is 1. The van der Waals surface area contributed by atoms with Gasteiger partial charge >= 0.3 is 0 Å². The molecule has 3 aliphatic rings. The molecule has 6 nitrogen and oxygen atoms in total. The highest BCUT2D eigenvalue weighted by molar-refractivity contribution is 6.18. The third-order valence-electron chi connectivity index (χ3n) is 8.92. The lowest BCUT2D eigenvalue weighted by atomic mass is 9.64. The molecule has 1 saturated heterocycles. The van der Waals surface area contributed by atoms with Crippen molar-refractivity contribution in [1.82, 2.24) is 0 Å². The summed E-state index contributed by atoms with van der Waals surface area (Å²) in [4.78, 5) is 45.9. The van der Waals surface area contributed by atoms with Crippen LogP contribution >= 0.6 is 0 Å². The van der Waals surface area contributed by atoms with Crippen molar-refractivity contribution in [2.45, 2.75) is 24.4 Å². The minimum absolute atomic E-state index is 0.232. The molecule has 1 N–H and O–H groups in total. The number of rotatable bonds is 5. The highest BCUT2D eigenvalue weighted by atomic mass is 19.1. The Balaban J connectivity index is 1.55. The Labute approximate surface area is 242 Å². The summed E-state index contributed by atoms with van der Waals surface area (Å²) in [5.41, 5.74) is 3.08. The zero-order valence-electron chi connectivity index (χ0n) is 23.0. The average Bonchev–Trinajstić information content (AvgIpc) is 3.49. The minimum Gasteiger partial charge on any atom is -0.497 e. The lowest BCUT2D eigenvalue weighted by Gasteiger charge is -2.39. The van der Waals surface area contributed by atoms with E-state index in [0.29, 0.717) is 22.6 Å². The number of ether oxygens (including phenoxy) is 1. The second-order valence-electron chi connectivity index (χ2n) is 11.0. The van der Waals surface area contributed by atoms with Crippen LogP contribution in [0.15, 0.2) is 103 Å². The fraction of sp³-hybridized carbons (Fsp3) is 0.171. The standard InChI is InChI=1S/C35H27FN2O4/c1-20-18-29-35(26-11-4-5-12-27(26)37-34(35)41)30(32(39)21-14-16-23(36)17-15-21)31(38(29)28-13-6-3-10-25(20)28)33(40)22-8-7-9-24(19-22)42-2/h3-19,29-31H,1-2H3,(H,37,41)/t29-,30-,31+,35+/m0/s1. The molecule has 0 unspecified atom stereocenters. The molecular formula is C35H27FN2O4. The van der Waals surface area contributed by atoms with Crippen LogP contribution in [0.2, 0.25) is 0 Å². The van der Waals surface area contributed by atoms with E-state index >= 15 is 0 Å². The Kier molecular flexibility index (Phi) is 5.87. The number of nitrogens with zero attached hydrogens (tertiary/aromatic N) is 1. The van der Waals surface area contributed by atoms with E-state index in [0.717, 1.165) is 16.8 Å². The number of allylic oxidation sites excluding steroid dienone is 1. The van der Waals surface area contributed by atoms with Gasteiger partial charge in [0.25, 0.3) is 0 Å². The van der Waals surface area contributed by atoms with Crippen molar-refractivity contribution >= 4 is 34.4 Å². The van der Waals surface area contributed by atoms with E-state index in [1.807, 2.05) is 66.4 Å². The maximum absolute atomic E-state index is 14.8. The molecule has 7 heteroatoms. The summed E-state index contributed by atoms with van der Waals surface area (Å²) in [6, 6.07) is 25.5. The number of amides is 1. The summed E-state index contributed by atoms with van der Waals surface area (Å²) >= 11 is 0. The van der Waals surface area contributed by atoms with Crippen molar-refractivity contribution in [2.75, 3.05) is 17.3 Å². The minimum atomic E-state index is -1.43. The fourth-order valence-corrected chi connectivity index (χ4v) is 7.13. The van der Waals surface area contributed by atoms with E-state index in [4.69, 9.17) is 4.74 Å². The number of hydrogen-bond donors (Lipinski definition) is 1. The van der Waals surface area contributed by atoms with Crippen LogP contribution in [0.1, 0.15) is 38.8 Å². The first-order chi connectivity index (χ1) is 20.4. The summed E-state index contributed by atoms with van der Waals surface area (Å²) in [7, 11) is 1.53. The van der Waals surface area contributed by atoms with Crippen molar-refractivity contribution in [2.24, 2.45) is 5.92 Å². The van der Waals surface area contributed by atoms with Crippen molar-refractivity contribution in [3.63, 3.8) is 0 Å². The summed E-state index contributed by atoms with van der Waals surface area (Å²) in [5, 5.41) is 3.03. The first kappa shape index (κ1) is 25.9. The van der Waals surface area contributed by atoms with E-state index in [-0.39, 0.29) is 17.3 Å². The van der Waals surface area contributed by atoms with Gasteiger partial charge in [0, 0.05) is 28.1 Å². The first-order valence-corrected chi connectivity index (χ1v) is 13.8. The second kappa shape index (κ2) is 9.52. The number of carbonyl (C=O) groups is 3. The Morgan fingerprint density at radius 3 is 2.40 bits per heavy atom. The van der Waals surface area contributed by atoms with Gasteiger partial charge in [-0.3, -0.25) is 14.4 Å². The quantitative estimate of drug-likeness (QED) is 0.301. The Hall–Kier alpha value is -5.04. The Morgan fingerprint density at radius 1 is 0.881 bits per heavy atom. The van der Waals surface area contributed by atoms with Gasteiger partial charge in [0.15, 0.2) is 11.6 Å². The number of benzene rings is 4. The van der Waals surface area contributed by atoms with Crippen LogP contribution in [0.3, 0.4) is 0 Å². The smallest absolute Gasteiger partial charge is 0.238 e. The summed E-state index contributed by atoms with van der Waals surface area (Å²) in [6.45, 7) is 1.98. The second-order valence-corrected chi connectivity index (χ2v) is 11.0. The molecule has 3 heterocycles. The molecule has 4 aromatic carbocycles. The molecule has 1 amide bonds. The van der Waals surface area contributed by atoms with Crippen LogP contribution in [-0.4, -0.2) is 36.7 Å². The molecule has 0 bridgehead atoms. The van der Waals surface area contributed by atoms with Gasteiger partial charge in [0.1, 0.15) is 23.0 Å². The number of methoxy groups -OCH3 is 1. The topological polar surface area (TPSA) is 75.7 Å². The van der Waals surface area contributed by atoms with Crippen LogP contribution in [0.25, 0.3) is 5.57 Å². The molecule has 1 spiro atoms. The molecule has 4 aromatic rings. The van der Waals surface area contributed by atoms with Gasteiger partial charge < -0.3 is 15.0 Å². The van der Waals surface area contributed by atoms with E-state index in [1.54, 1.807) is 24.3 Å². The third-order valence-corrected chi connectivity index (χ3v) is 8.92. The number of anilines is 2. The fourth-order valence-electron chi connectivity index (χ4n) is 7.13. The van der Waals surface area contributed by atoms with Gasteiger partial charge in [-0.05, 0) is 66.6 Å². The number of para-hydroxylation sites is 2. The van der Waals surface area contributed by atoms with E-state index in [2.05, 4.69) is 5.32 Å². The monoisotopic (exact) mass is 558 g/mol. The maximum Gasteiger partial charge on any atom is 0.238 e. The largest absolute Gasteiger partial charge is 0.497 e. The van der Waals surface area contributed by atoms with Crippen molar-refractivity contribution < 1.29 is 23.5 Å². The van der Waals surface area contributed by atoms with Gasteiger partial charge in [-0.15, -0.1) is 0 Å². The lowest BCUT2D eigenvalue weighted by Crippen LogP contribution is -2.51. The molecule has 0 saturated carbocycles. The number of carbonyl (C=O) groups excluding carboxylic acids is 3.